The van der Waals surface area contributed by atoms with Crippen molar-refractivity contribution in [3.05, 3.63) is 62.2 Å². The third-order valence-corrected chi connectivity index (χ3v) is 4.91. The predicted octanol–water partition coefficient (Wildman–Crippen LogP) is 5.99. The number of rotatable bonds is 3. The lowest BCUT2D eigenvalue weighted by Gasteiger charge is -2.18. The molecule has 0 heterocycles. The van der Waals surface area contributed by atoms with E-state index in [1.807, 2.05) is 6.92 Å². The lowest BCUT2D eigenvalue weighted by atomic mass is 9.89. The first kappa shape index (κ1) is 16.9. The molecule has 2 aromatic rings. The normalized spacial score (nSPS) is 11.3. The van der Waals surface area contributed by atoms with E-state index < -0.39 is 0 Å². The molecule has 22 heavy (non-hydrogen) atoms. The Balaban J connectivity index is 2.55. The molecule has 0 spiro atoms. The number of hydrogen-bond acceptors (Lipinski definition) is 1. The molecule has 0 aromatic heterocycles. The molecule has 0 unspecified atom stereocenters. The summed E-state index contributed by atoms with van der Waals surface area (Å²) in [7, 11) is 0. The Bertz CT molecular complexity index is 691. The fourth-order valence-electron chi connectivity index (χ4n) is 3.11. The molecule has 0 aliphatic rings. The number of halogens is 1. The zero-order valence-corrected chi connectivity index (χ0v) is 15.1. The Labute approximate surface area is 139 Å². The summed E-state index contributed by atoms with van der Waals surface area (Å²) in [6.07, 6.45) is 0.851. The van der Waals surface area contributed by atoms with Crippen molar-refractivity contribution in [2.24, 2.45) is 0 Å². The number of benzene rings is 2. The summed E-state index contributed by atoms with van der Waals surface area (Å²) >= 11 is 6.35. The highest BCUT2D eigenvalue weighted by molar-refractivity contribution is 6.33. The van der Waals surface area contributed by atoms with Crippen LogP contribution in [0.1, 0.15) is 58.7 Å². The van der Waals surface area contributed by atoms with Crippen molar-refractivity contribution < 1.29 is 5.11 Å². The molecule has 0 amide bonds. The molecule has 118 valence electrons. The van der Waals surface area contributed by atoms with E-state index in [1.165, 1.54) is 27.8 Å². The van der Waals surface area contributed by atoms with E-state index in [1.54, 1.807) is 0 Å². The van der Waals surface area contributed by atoms with E-state index in [0.717, 1.165) is 17.5 Å². The maximum Gasteiger partial charge on any atom is 0.137 e. The van der Waals surface area contributed by atoms with Gasteiger partial charge in [-0.15, -0.1) is 0 Å². The minimum Gasteiger partial charge on any atom is -0.506 e. The van der Waals surface area contributed by atoms with Crippen LogP contribution < -0.4 is 0 Å². The molecule has 1 N–H and O–H groups in total. The van der Waals surface area contributed by atoms with Gasteiger partial charge in [0.15, 0.2) is 0 Å². The highest BCUT2D eigenvalue weighted by atomic mass is 35.5. The van der Waals surface area contributed by atoms with Gasteiger partial charge in [-0.1, -0.05) is 49.2 Å². The summed E-state index contributed by atoms with van der Waals surface area (Å²) in [5, 5.41) is 10.7. The number of hydrogen-bond donors (Lipinski definition) is 1. The molecule has 0 fully saturated rings. The van der Waals surface area contributed by atoms with Gasteiger partial charge < -0.3 is 5.11 Å². The van der Waals surface area contributed by atoms with Gasteiger partial charge in [-0.3, -0.25) is 0 Å². The van der Waals surface area contributed by atoms with E-state index >= 15 is 0 Å². The maximum atomic E-state index is 10.3. The zero-order valence-electron chi connectivity index (χ0n) is 14.3. The number of aromatic hydroxyl groups is 1. The molecule has 1 nitrogen and oxygen atoms in total. The lowest BCUT2D eigenvalue weighted by Crippen LogP contribution is -2.01. The van der Waals surface area contributed by atoms with Crippen molar-refractivity contribution in [3.8, 4) is 5.75 Å². The molecule has 0 bridgehead atoms. The zero-order chi connectivity index (χ0) is 16.6. The van der Waals surface area contributed by atoms with E-state index in [2.05, 4.69) is 52.8 Å². The molecular weight excluding hydrogens is 292 g/mol. The summed E-state index contributed by atoms with van der Waals surface area (Å²) in [6, 6.07) is 6.56. The Kier molecular flexibility index (Phi) is 4.87. The van der Waals surface area contributed by atoms with Crippen molar-refractivity contribution >= 4 is 11.6 Å². The largest absolute Gasteiger partial charge is 0.506 e. The van der Waals surface area contributed by atoms with Crippen LogP contribution in [-0.2, 0) is 6.42 Å². The van der Waals surface area contributed by atoms with Gasteiger partial charge in [-0.2, -0.15) is 0 Å². The van der Waals surface area contributed by atoms with Crippen LogP contribution in [0.5, 0.6) is 5.75 Å². The van der Waals surface area contributed by atoms with Crippen molar-refractivity contribution in [1.82, 2.24) is 0 Å². The molecule has 0 saturated carbocycles. The smallest absolute Gasteiger partial charge is 0.137 e. The predicted molar refractivity (Wildman–Crippen MR) is 95.4 cm³/mol. The van der Waals surface area contributed by atoms with Gasteiger partial charge in [0.1, 0.15) is 5.75 Å². The van der Waals surface area contributed by atoms with E-state index in [9.17, 15) is 5.11 Å². The van der Waals surface area contributed by atoms with Crippen LogP contribution >= 0.6 is 11.6 Å². The molecule has 0 saturated heterocycles. The highest BCUT2D eigenvalue weighted by Gasteiger charge is 2.17. The molecule has 2 heteroatoms. The Morgan fingerprint density at radius 2 is 1.55 bits per heavy atom. The maximum absolute atomic E-state index is 10.3. The van der Waals surface area contributed by atoms with Gasteiger partial charge in [0.2, 0.25) is 0 Å². The van der Waals surface area contributed by atoms with Crippen LogP contribution in [0.15, 0.2) is 18.2 Å². The van der Waals surface area contributed by atoms with Crippen LogP contribution in [0.3, 0.4) is 0 Å². The van der Waals surface area contributed by atoms with Crippen LogP contribution in [0.2, 0.25) is 5.02 Å². The quantitative estimate of drug-likeness (QED) is 0.737. The Morgan fingerprint density at radius 1 is 1.00 bits per heavy atom. The summed E-state index contributed by atoms with van der Waals surface area (Å²) < 4.78 is 0. The van der Waals surface area contributed by atoms with Crippen LogP contribution in [-0.4, -0.2) is 5.11 Å². The summed E-state index contributed by atoms with van der Waals surface area (Å²) in [6.45, 7) is 12.6. The van der Waals surface area contributed by atoms with Gasteiger partial charge >= 0.3 is 0 Å². The lowest BCUT2D eigenvalue weighted by molar-refractivity contribution is 0.464. The third kappa shape index (κ3) is 3.15. The molecule has 0 aliphatic carbocycles. The number of phenolic OH excluding ortho intramolecular Hbond substituents is 1. The average molecular weight is 317 g/mol. The van der Waals surface area contributed by atoms with Crippen molar-refractivity contribution in [2.75, 3.05) is 0 Å². The number of aryl methyl sites for hydroxylation is 3. The topological polar surface area (TPSA) is 20.2 Å². The fraction of sp³-hybridized carbons (Fsp3) is 0.400. The first-order valence-corrected chi connectivity index (χ1v) is 8.17. The molecule has 0 aliphatic heterocycles. The van der Waals surface area contributed by atoms with Crippen LogP contribution in [0.25, 0.3) is 0 Å². The first-order valence-electron chi connectivity index (χ1n) is 7.80. The second kappa shape index (κ2) is 6.34. The van der Waals surface area contributed by atoms with E-state index in [0.29, 0.717) is 5.02 Å². The van der Waals surface area contributed by atoms with E-state index in [4.69, 9.17) is 11.6 Å². The highest BCUT2D eigenvalue weighted by Crippen LogP contribution is 2.38. The average Bonchev–Trinajstić information content (AvgIpc) is 2.42. The van der Waals surface area contributed by atoms with E-state index in [-0.39, 0.29) is 11.7 Å². The standard InChI is InChI=1S/C20H25ClO/c1-11(2)17-9-16(15(6)19(21)20(17)22)10-18-13(4)7-12(3)8-14(18)5/h7-9,11,22H,10H2,1-6H3. The number of phenols is 1. The third-order valence-electron chi connectivity index (χ3n) is 4.45. The fourth-order valence-corrected chi connectivity index (χ4v) is 3.34. The first-order chi connectivity index (χ1) is 10.2. The molecular formula is C20H25ClO. The summed E-state index contributed by atoms with van der Waals surface area (Å²) in [4.78, 5) is 0. The molecule has 2 rings (SSSR count). The molecule has 2 aromatic carbocycles. The Hall–Kier alpha value is -1.47. The second-order valence-corrected chi connectivity index (χ2v) is 7.00. The Morgan fingerprint density at radius 3 is 2.05 bits per heavy atom. The van der Waals surface area contributed by atoms with Crippen molar-refractivity contribution in [2.45, 2.75) is 53.9 Å². The monoisotopic (exact) mass is 316 g/mol. The summed E-state index contributed by atoms with van der Waals surface area (Å²) in [5.41, 5.74) is 8.36. The van der Waals surface area contributed by atoms with Crippen molar-refractivity contribution in [1.29, 1.82) is 0 Å². The van der Waals surface area contributed by atoms with Gasteiger partial charge in [0.05, 0.1) is 5.02 Å². The minimum absolute atomic E-state index is 0.232. The van der Waals surface area contributed by atoms with Crippen LogP contribution in [0.4, 0.5) is 0 Å². The van der Waals surface area contributed by atoms with Crippen LogP contribution in [0, 0.1) is 27.7 Å². The summed E-state index contributed by atoms with van der Waals surface area (Å²) in [5.74, 6) is 0.479. The second-order valence-electron chi connectivity index (χ2n) is 6.62. The molecule has 0 atom stereocenters. The SMILES string of the molecule is Cc1cc(C)c(Cc2cc(C(C)C)c(O)c(Cl)c2C)c(C)c1. The van der Waals surface area contributed by atoms with Gasteiger partial charge in [0.25, 0.3) is 0 Å². The van der Waals surface area contributed by atoms with Gasteiger partial charge in [-0.25, -0.2) is 0 Å². The minimum atomic E-state index is 0.232. The van der Waals surface area contributed by atoms with Gasteiger partial charge in [0, 0.05) is 0 Å². The van der Waals surface area contributed by atoms with Crippen molar-refractivity contribution in [3.63, 3.8) is 0 Å². The molecule has 0 radical (unpaired) electrons. The van der Waals surface area contributed by atoms with Gasteiger partial charge in [-0.05, 0) is 73.4 Å².